The fraction of sp³-hybridized carbons (Fsp3) is 0.462. The van der Waals surface area contributed by atoms with E-state index in [4.69, 9.17) is 17.3 Å². The van der Waals surface area contributed by atoms with Gasteiger partial charge in [0, 0.05) is 19.1 Å². The maximum Gasteiger partial charge on any atom is 0.255 e. The number of rotatable bonds is 1. The molecule has 2 rings (SSSR count). The SMILES string of the molecule is CC1CN(C(=O)c2cccc(F)c2Cl)CCC1N. The molecule has 1 amide bonds. The van der Waals surface area contributed by atoms with Gasteiger partial charge < -0.3 is 10.6 Å². The molecule has 0 bridgehead atoms. The molecule has 1 aliphatic rings. The summed E-state index contributed by atoms with van der Waals surface area (Å²) in [6, 6.07) is 4.41. The highest BCUT2D eigenvalue weighted by molar-refractivity contribution is 6.34. The minimum atomic E-state index is -0.565. The largest absolute Gasteiger partial charge is 0.338 e. The number of hydrogen-bond acceptors (Lipinski definition) is 2. The van der Waals surface area contributed by atoms with Crippen LogP contribution < -0.4 is 5.73 Å². The molecule has 1 heterocycles. The summed E-state index contributed by atoms with van der Waals surface area (Å²) < 4.78 is 13.3. The third-order valence-corrected chi connectivity index (χ3v) is 3.82. The van der Waals surface area contributed by atoms with Crippen LogP contribution in [0.4, 0.5) is 4.39 Å². The monoisotopic (exact) mass is 270 g/mol. The number of carbonyl (C=O) groups excluding carboxylic acids is 1. The van der Waals surface area contributed by atoms with Crippen molar-refractivity contribution in [3.63, 3.8) is 0 Å². The normalized spacial score (nSPS) is 24.1. The first-order valence-corrected chi connectivity index (χ1v) is 6.37. The Morgan fingerprint density at radius 2 is 2.28 bits per heavy atom. The van der Waals surface area contributed by atoms with E-state index >= 15 is 0 Å². The Bertz CT molecular complexity index is 466. The topological polar surface area (TPSA) is 46.3 Å². The smallest absolute Gasteiger partial charge is 0.255 e. The first kappa shape index (κ1) is 13.3. The van der Waals surface area contributed by atoms with Crippen LogP contribution >= 0.6 is 11.6 Å². The van der Waals surface area contributed by atoms with Gasteiger partial charge in [0.05, 0.1) is 10.6 Å². The molecule has 1 aromatic carbocycles. The van der Waals surface area contributed by atoms with Crippen LogP contribution in [-0.2, 0) is 0 Å². The summed E-state index contributed by atoms with van der Waals surface area (Å²) in [6.07, 6.45) is 0.764. The summed E-state index contributed by atoms with van der Waals surface area (Å²) in [5.41, 5.74) is 6.13. The molecule has 1 aromatic rings. The van der Waals surface area contributed by atoms with Crippen LogP contribution in [0.5, 0.6) is 0 Å². The number of nitrogens with two attached hydrogens (primary N) is 1. The maximum atomic E-state index is 13.3. The minimum absolute atomic E-state index is 0.106. The zero-order valence-electron chi connectivity index (χ0n) is 10.2. The number of benzene rings is 1. The van der Waals surface area contributed by atoms with Crippen LogP contribution in [0, 0.1) is 11.7 Å². The average Bonchev–Trinajstić information content (AvgIpc) is 2.35. The number of piperidine rings is 1. The van der Waals surface area contributed by atoms with Crippen LogP contribution in [0.15, 0.2) is 18.2 Å². The Labute approximate surface area is 111 Å². The van der Waals surface area contributed by atoms with Crippen LogP contribution in [0.2, 0.25) is 5.02 Å². The molecule has 0 spiro atoms. The predicted octanol–water partition coefficient (Wildman–Crippen LogP) is 2.29. The molecule has 3 nitrogen and oxygen atoms in total. The zero-order valence-corrected chi connectivity index (χ0v) is 11.0. The molecule has 2 unspecified atom stereocenters. The van der Waals surface area contributed by atoms with Gasteiger partial charge in [-0.15, -0.1) is 0 Å². The van der Waals surface area contributed by atoms with E-state index in [1.54, 1.807) is 11.0 Å². The van der Waals surface area contributed by atoms with Crippen molar-refractivity contribution in [3.8, 4) is 0 Å². The lowest BCUT2D eigenvalue weighted by Crippen LogP contribution is -2.48. The third-order valence-electron chi connectivity index (χ3n) is 3.44. The molecule has 1 saturated heterocycles. The Balaban J connectivity index is 2.19. The maximum absolute atomic E-state index is 13.3. The molecule has 2 N–H and O–H groups in total. The van der Waals surface area contributed by atoms with Gasteiger partial charge in [0.25, 0.3) is 5.91 Å². The van der Waals surface area contributed by atoms with Crippen molar-refractivity contribution in [1.82, 2.24) is 4.90 Å². The molecular formula is C13H16ClFN2O. The molecule has 1 aliphatic heterocycles. The lowest BCUT2D eigenvalue weighted by Gasteiger charge is -2.35. The highest BCUT2D eigenvalue weighted by Gasteiger charge is 2.28. The number of nitrogens with zero attached hydrogens (tertiary/aromatic N) is 1. The van der Waals surface area contributed by atoms with Gasteiger partial charge in [-0.1, -0.05) is 24.6 Å². The first-order valence-electron chi connectivity index (χ1n) is 5.99. The van der Waals surface area contributed by atoms with E-state index in [2.05, 4.69) is 0 Å². The standard InChI is InChI=1S/C13H16ClFN2O/c1-8-7-17(6-5-11(8)16)13(18)9-3-2-4-10(15)12(9)14/h2-4,8,11H,5-7,16H2,1H3. The van der Waals surface area contributed by atoms with Gasteiger partial charge in [-0.05, 0) is 24.5 Å². The average molecular weight is 271 g/mol. The molecule has 2 atom stereocenters. The minimum Gasteiger partial charge on any atom is -0.338 e. The molecule has 18 heavy (non-hydrogen) atoms. The predicted molar refractivity (Wildman–Crippen MR) is 69.1 cm³/mol. The number of halogens is 2. The van der Waals surface area contributed by atoms with Gasteiger partial charge in [-0.25, -0.2) is 4.39 Å². The number of amides is 1. The van der Waals surface area contributed by atoms with Crippen LogP contribution in [-0.4, -0.2) is 29.9 Å². The van der Waals surface area contributed by atoms with E-state index in [0.717, 1.165) is 6.42 Å². The van der Waals surface area contributed by atoms with Crippen molar-refractivity contribution in [2.75, 3.05) is 13.1 Å². The molecular weight excluding hydrogens is 255 g/mol. The summed E-state index contributed by atoms with van der Waals surface area (Å²) in [6.45, 7) is 3.20. The fourth-order valence-electron chi connectivity index (χ4n) is 2.19. The third kappa shape index (κ3) is 2.49. The van der Waals surface area contributed by atoms with E-state index in [9.17, 15) is 9.18 Å². The molecule has 5 heteroatoms. The van der Waals surface area contributed by atoms with Crippen molar-refractivity contribution < 1.29 is 9.18 Å². The lowest BCUT2D eigenvalue weighted by atomic mass is 9.94. The molecule has 0 aliphatic carbocycles. The second-order valence-electron chi connectivity index (χ2n) is 4.78. The van der Waals surface area contributed by atoms with E-state index in [1.165, 1.54) is 12.1 Å². The highest BCUT2D eigenvalue weighted by atomic mass is 35.5. The quantitative estimate of drug-likeness (QED) is 0.851. The Kier molecular flexibility index (Phi) is 3.88. The molecule has 0 aromatic heterocycles. The van der Waals surface area contributed by atoms with Crippen LogP contribution in [0.1, 0.15) is 23.7 Å². The molecule has 98 valence electrons. The molecule has 1 fully saturated rings. The number of likely N-dealkylation sites (tertiary alicyclic amines) is 1. The van der Waals surface area contributed by atoms with Gasteiger partial charge in [0.2, 0.25) is 0 Å². The van der Waals surface area contributed by atoms with Gasteiger partial charge in [0.15, 0.2) is 0 Å². The molecule has 0 radical (unpaired) electrons. The van der Waals surface area contributed by atoms with Gasteiger partial charge in [-0.2, -0.15) is 0 Å². The zero-order chi connectivity index (χ0) is 13.3. The first-order chi connectivity index (χ1) is 8.50. The van der Waals surface area contributed by atoms with Crippen LogP contribution in [0.25, 0.3) is 0 Å². The van der Waals surface area contributed by atoms with Crippen molar-refractivity contribution in [3.05, 3.63) is 34.6 Å². The lowest BCUT2D eigenvalue weighted by molar-refractivity contribution is 0.0664. The van der Waals surface area contributed by atoms with E-state index in [-0.39, 0.29) is 28.5 Å². The summed E-state index contributed by atoms with van der Waals surface area (Å²) >= 11 is 5.83. The van der Waals surface area contributed by atoms with Crippen molar-refractivity contribution in [2.45, 2.75) is 19.4 Å². The van der Waals surface area contributed by atoms with Crippen molar-refractivity contribution in [1.29, 1.82) is 0 Å². The summed E-state index contributed by atoms with van der Waals surface area (Å²) in [5.74, 6) is -0.544. The van der Waals surface area contributed by atoms with Gasteiger partial charge in [-0.3, -0.25) is 4.79 Å². The van der Waals surface area contributed by atoms with E-state index < -0.39 is 5.82 Å². The van der Waals surface area contributed by atoms with Gasteiger partial charge in [0.1, 0.15) is 5.82 Å². The number of hydrogen-bond donors (Lipinski definition) is 1. The van der Waals surface area contributed by atoms with Crippen molar-refractivity contribution in [2.24, 2.45) is 11.7 Å². The molecule has 0 saturated carbocycles. The van der Waals surface area contributed by atoms with E-state index in [0.29, 0.717) is 13.1 Å². The Hall–Kier alpha value is -1.13. The van der Waals surface area contributed by atoms with Crippen LogP contribution in [0.3, 0.4) is 0 Å². The van der Waals surface area contributed by atoms with E-state index in [1.807, 2.05) is 6.92 Å². The second-order valence-corrected chi connectivity index (χ2v) is 5.16. The summed E-state index contributed by atoms with van der Waals surface area (Å²) in [7, 11) is 0. The summed E-state index contributed by atoms with van der Waals surface area (Å²) in [5, 5.41) is -0.106. The summed E-state index contributed by atoms with van der Waals surface area (Å²) in [4.78, 5) is 13.9. The number of carbonyl (C=O) groups is 1. The fourth-order valence-corrected chi connectivity index (χ4v) is 2.39. The second kappa shape index (κ2) is 5.24. The highest BCUT2D eigenvalue weighted by Crippen LogP contribution is 2.23. The Morgan fingerprint density at radius 1 is 1.56 bits per heavy atom. The van der Waals surface area contributed by atoms with Crippen molar-refractivity contribution >= 4 is 17.5 Å². The Morgan fingerprint density at radius 3 is 2.94 bits per heavy atom. The van der Waals surface area contributed by atoms with Gasteiger partial charge >= 0.3 is 0 Å².